The maximum Gasteiger partial charge on any atom is 0.428 e. The molecule has 0 heterocycles. The van der Waals surface area contributed by atoms with Gasteiger partial charge in [-0.1, -0.05) is 41.5 Å². The number of carbonyl (C=O) groups excluding carboxylic acids is 1. The second kappa shape index (κ2) is 7.06. The summed E-state index contributed by atoms with van der Waals surface area (Å²) < 4.78 is 5.15. The molecule has 0 bridgehead atoms. The van der Waals surface area contributed by atoms with Crippen LogP contribution in [0.15, 0.2) is 17.2 Å². The number of aromatic hydroxyl groups is 1. The first-order valence-corrected chi connectivity index (χ1v) is 8.51. The second-order valence-corrected chi connectivity index (χ2v) is 9.34. The number of benzene rings is 1. The fourth-order valence-corrected chi connectivity index (χ4v) is 2.34. The zero-order valence-corrected chi connectivity index (χ0v) is 16.9. The molecule has 0 radical (unpaired) electrons. The highest BCUT2D eigenvalue weighted by Gasteiger charge is 2.26. The summed E-state index contributed by atoms with van der Waals surface area (Å²) in [6.07, 6.45) is 0.961. The van der Waals surface area contributed by atoms with Crippen LogP contribution in [0.2, 0.25) is 0 Å². The summed E-state index contributed by atoms with van der Waals surface area (Å²) in [6.45, 7) is 17.7. The molecule has 0 aliphatic rings. The molecule has 0 saturated heterocycles. The van der Waals surface area contributed by atoms with Crippen molar-refractivity contribution < 1.29 is 14.6 Å². The van der Waals surface area contributed by atoms with Gasteiger partial charge in [-0.2, -0.15) is 5.10 Å². The third-order valence-electron chi connectivity index (χ3n) is 3.52. The maximum absolute atomic E-state index is 11.7. The van der Waals surface area contributed by atoms with Crippen LogP contribution in [0, 0.1) is 0 Å². The summed E-state index contributed by atoms with van der Waals surface area (Å²) in [7, 11) is 0. The lowest BCUT2D eigenvalue weighted by atomic mass is 9.78. The molecule has 0 aliphatic heterocycles. The van der Waals surface area contributed by atoms with E-state index in [1.54, 1.807) is 27.0 Å². The number of rotatable bonds is 2. The number of amides is 1. The van der Waals surface area contributed by atoms with Gasteiger partial charge in [0.05, 0.1) is 6.21 Å². The van der Waals surface area contributed by atoms with Gasteiger partial charge in [0.1, 0.15) is 11.4 Å². The highest BCUT2D eigenvalue weighted by atomic mass is 16.6. The van der Waals surface area contributed by atoms with Gasteiger partial charge in [0.25, 0.3) is 0 Å². The molecule has 0 atom stereocenters. The van der Waals surface area contributed by atoms with Crippen LogP contribution in [0.1, 0.15) is 79.0 Å². The standard InChI is InChI=1S/C20H32N2O3/c1-18(2,3)14-10-13(11-15(16(14)23)19(4,5)6)12-21-22-17(24)25-20(7,8)9/h10-12,23H,1-9H3,(H,22,24)/b21-12+. The highest BCUT2D eigenvalue weighted by molar-refractivity contribution is 5.82. The van der Waals surface area contributed by atoms with Gasteiger partial charge in [0, 0.05) is 11.1 Å². The van der Waals surface area contributed by atoms with Crippen LogP contribution in [0.25, 0.3) is 0 Å². The van der Waals surface area contributed by atoms with Crippen molar-refractivity contribution >= 4 is 12.3 Å². The van der Waals surface area contributed by atoms with E-state index < -0.39 is 11.7 Å². The van der Waals surface area contributed by atoms with Gasteiger partial charge in [0.2, 0.25) is 0 Å². The van der Waals surface area contributed by atoms with Crippen molar-refractivity contribution in [3.05, 3.63) is 28.8 Å². The van der Waals surface area contributed by atoms with Crippen LogP contribution in [0.3, 0.4) is 0 Å². The van der Waals surface area contributed by atoms with Crippen molar-refractivity contribution in [1.29, 1.82) is 0 Å². The normalized spacial score (nSPS) is 13.2. The average Bonchev–Trinajstić information content (AvgIpc) is 2.35. The van der Waals surface area contributed by atoms with E-state index in [0.717, 1.165) is 16.7 Å². The summed E-state index contributed by atoms with van der Waals surface area (Å²) in [5, 5.41) is 14.7. The van der Waals surface area contributed by atoms with Gasteiger partial charge < -0.3 is 9.84 Å². The van der Waals surface area contributed by atoms with E-state index >= 15 is 0 Å². The molecule has 1 aromatic carbocycles. The Morgan fingerprint density at radius 1 is 1.00 bits per heavy atom. The van der Waals surface area contributed by atoms with Crippen molar-refractivity contribution in [2.75, 3.05) is 0 Å². The maximum atomic E-state index is 11.7. The Balaban J connectivity index is 3.16. The molecule has 0 fully saturated rings. The molecule has 1 rings (SSSR count). The largest absolute Gasteiger partial charge is 0.507 e. The molecule has 0 spiro atoms. The van der Waals surface area contributed by atoms with Crippen molar-refractivity contribution in [3.8, 4) is 5.75 Å². The fraction of sp³-hybridized carbons (Fsp3) is 0.600. The van der Waals surface area contributed by atoms with Gasteiger partial charge in [-0.3, -0.25) is 0 Å². The lowest BCUT2D eigenvalue weighted by molar-refractivity contribution is 0.0529. The molecule has 2 N–H and O–H groups in total. The van der Waals surface area contributed by atoms with Crippen molar-refractivity contribution in [1.82, 2.24) is 5.43 Å². The molecule has 0 aromatic heterocycles. The van der Waals surface area contributed by atoms with E-state index in [-0.39, 0.29) is 10.8 Å². The molecular weight excluding hydrogens is 316 g/mol. The van der Waals surface area contributed by atoms with E-state index in [0.29, 0.717) is 5.75 Å². The van der Waals surface area contributed by atoms with Crippen LogP contribution < -0.4 is 5.43 Å². The van der Waals surface area contributed by atoms with Gasteiger partial charge in [-0.15, -0.1) is 0 Å². The number of nitrogens with one attached hydrogen (secondary N) is 1. The summed E-state index contributed by atoms with van der Waals surface area (Å²) in [5.74, 6) is 0.317. The molecule has 0 saturated carbocycles. The van der Waals surface area contributed by atoms with Crippen LogP contribution in [-0.2, 0) is 15.6 Å². The molecule has 0 aliphatic carbocycles. The van der Waals surface area contributed by atoms with Crippen molar-refractivity contribution in [2.24, 2.45) is 5.10 Å². The molecular formula is C20H32N2O3. The van der Waals surface area contributed by atoms with E-state index in [2.05, 4.69) is 10.5 Å². The Morgan fingerprint density at radius 3 is 1.80 bits per heavy atom. The Morgan fingerprint density at radius 2 is 1.44 bits per heavy atom. The van der Waals surface area contributed by atoms with E-state index in [4.69, 9.17) is 4.74 Å². The zero-order chi connectivity index (χ0) is 19.6. The third kappa shape index (κ3) is 6.40. The van der Waals surface area contributed by atoms with Crippen LogP contribution in [0.5, 0.6) is 5.75 Å². The summed E-state index contributed by atoms with van der Waals surface area (Å²) in [4.78, 5) is 11.7. The number of nitrogens with zero attached hydrogens (tertiary/aromatic N) is 1. The SMILES string of the molecule is CC(C)(C)OC(=O)N/N=C/c1cc(C(C)(C)C)c(O)c(C(C)(C)C)c1. The predicted molar refractivity (Wildman–Crippen MR) is 102 cm³/mol. The molecule has 1 aromatic rings. The predicted octanol–water partition coefficient (Wildman–Crippen LogP) is 4.85. The number of ether oxygens (including phenoxy) is 1. The monoisotopic (exact) mass is 348 g/mol. The van der Waals surface area contributed by atoms with Gasteiger partial charge in [-0.05, 0) is 49.3 Å². The molecule has 140 valence electrons. The Kier molecular flexibility index (Phi) is 5.93. The quantitative estimate of drug-likeness (QED) is 0.593. The second-order valence-electron chi connectivity index (χ2n) is 9.34. The molecule has 5 nitrogen and oxygen atoms in total. The first-order valence-electron chi connectivity index (χ1n) is 8.51. The van der Waals surface area contributed by atoms with E-state index in [1.165, 1.54) is 0 Å². The van der Waals surface area contributed by atoms with E-state index in [9.17, 15) is 9.90 Å². The Labute approximate surface area is 151 Å². The third-order valence-corrected chi connectivity index (χ3v) is 3.52. The van der Waals surface area contributed by atoms with Gasteiger partial charge in [0.15, 0.2) is 0 Å². The minimum atomic E-state index is -0.602. The topological polar surface area (TPSA) is 70.9 Å². The van der Waals surface area contributed by atoms with Crippen LogP contribution in [0.4, 0.5) is 4.79 Å². The molecule has 5 heteroatoms. The average molecular weight is 348 g/mol. The Bertz CT molecular complexity index is 622. The Hall–Kier alpha value is -2.04. The van der Waals surface area contributed by atoms with Gasteiger partial charge in [-0.25, -0.2) is 10.2 Å². The first-order chi connectivity index (χ1) is 11.1. The summed E-state index contributed by atoms with van der Waals surface area (Å²) >= 11 is 0. The number of hydrogen-bond acceptors (Lipinski definition) is 4. The lowest BCUT2D eigenvalue weighted by Gasteiger charge is -2.27. The highest BCUT2D eigenvalue weighted by Crippen LogP contribution is 2.39. The minimum absolute atomic E-state index is 0.216. The molecule has 1 amide bonds. The number of hydrazone groups is 1. The van der Waals surface area contributed by atoms with E-state index in [1.807, 2.05) is 53.7 Å². The van der Waals surface area contributed by atoms with Crippen molar-refractivity contribution in [3.63, 3.8) is 0 Å². The fourth-order valence-electron chi connectivity index (χ4n) is 2.34. The lowest BCUT2D eigenvalue weighted by Crippen LogP contribution is -2.29. The molecule has 25 heavy (non-hydrogen) atoms. The van der Waals surface area contributed by atoms with Crippen LogP contribution in [-0.4, -0.2) is 23.0 Å². The smallest absolute Gasteiger partial charge is 0.428 e. The number of phenols is 1. The number of hydrogen-bond donors (Lipinski definition) is 2. The van der Waals surface area contributed by atoms with Crippen LogP contribution >= 0.6 is 0 Å². The molecule has 0 unspecified atom stereocenters. The zero-order valence-electron chi connectivity index (χ0n) is 16.9. The number of phenolic OH excluding ortho intramolecular Hbond substituents is 1. The van der Waals surface area contributed by atoms with Crippen molar-refractivity contribution in [2.45, 2.75) is 78.7 Å². The minimum Gasteiger partial charge on any atom is -0.507 e. The first kappa shape index (κ1) is 21.0. The van der Waals surface area contributed by atoms with Gasteiger partial charge >= 0.3 is 6.09 Å². The number of carbonyl (C=O) groups is 1. The summed E-state index contributed by atoms with van der Waals surface area (Å²) in [6, 6.07) is 3.79. The summed E-state index contributed by atoms with van der Waals surface area (Å²) in [5.41, 5.74) is 3.86.